The van der Waals surface area contributed by atoms with E-state index in [4.69, 9.17) is 28.2 Å². The predicted octanol–water partition coefficient (Wildman–Crippen LogP) is 4.53. The zero-order valence-corrected chi connectivity index (χ0v) is 21.5. The Balaban J connectivity index is 1.44. The van der Waals surface area contributed by atoms with Crippen molar-refractivity contribution in [3.8, 4) is 5.69 Å². The highest BCUT2D eigenvalue weighted by Gasteiger charge is 2.73. The average Bonchev–Trinajstić information content (AvgIpc) is 3.63. The van der Waals surface area contributed by atoms with E-state index in [9.17, 15) is 14.4 Å². The zero-order valence-electron chi connectivity index (χ0n) is 20.0. The Morgan fingerprint density at radius 2 is 1.68 bits per heavy atom. The minimum Gasteiger partial charge on any atom is -0.283 e. The van der Waals surface area contributed by atoms with E-state index < -0.39 is 17.4 Å². The van der Waals surface area contributed by atoms with Gasteiger partial charge in [-0.3, -0.25) is 23.9 Å². The fourth-order valence-electron chi connectivity index (χ4n) is 7.49. The van der Waals surface area contributed by atoms with E-state index in [-0.39, 0.29) is 28.4 Å². The van der Waals surface area contributed by atoms with Crippen molar-refractivity contribution in [1.82, 2.24) is 14.5 Å². The first kappa shape index (κ1) is 22.5. The Morgan fingerprint density at radius 3 is 2.53 bits per heavy atom. The molecule has 1 spiro atoms. The van der Waals surface area contributed by atoms with Gasteiger partial charge in [-0.1, -0.05) is 53.5 Å². The Labute approximate surface area is 227 Å². The van der Waals surface area contributed by atoms with Crippen molar-refractivity contribution in [1.29, 1.82) is 0 Å². The lowest BCUT2D eigenvalue weighted by molar-refractivity contribution is -0.124. The largest absolute Gasteiger partial charge is 0.283 e. The number of rotatable bonds is 1. The summed E-state index contributed by atoms with van der Waals surface area (Å²) in [4.78, 5) is 51.1. The number of carbonyl (C=O) groups excluding carboxylic acids is 2. The van der Waals surface area contributed by atoms with Crippen LogP contribution in [0.2, 0.25) is 10.0 Å². The molecule has 0 bridgehead atoms. The molecule has 0 N–H and O–H groups in total. The van der Waals surface area contributed by atoms with Crippen molar-refractivity contribution >= 4 is 51.6 Å². The first-order chi connectivity index (χ1) is 18.4. The second-order valence-corrected chi connectivity index (χ2v) is 11.2. The third kappa shape index (κ3) is 2.50. The van der Waals surface area contributed by atoms with Gasteiger partial charge in [0.1, 0.15) is 11.4 Å². The van der Waals surface area contributed by atoms with Crippen LogP contribution >= 0.6 is 23.2 Å². The molecule has 0 aliphatic carbocycles. The smallest absolute Gasteiger partial charge is 0.266 e. The molecule has 188 valence electrons. The summed E-state index contributed by atoms with van der Waals surface area (Å²) in [6, 6.07) is 19.6. The standard InChI is InChI=1S/C29H20Cl2N4O3/c30-18-12-11-15(14-19(18)31)34-26(37)23-22-10-5-13-33(22)29(24(23)27(34)38)17-7-2-4-9-21(17)35-25(36)16-6-1-3-8-20(16)32-28(29)35/h1-4,6-9,11-12,14,22-24H,5,10,13H2/t22-,23-,24+,29-/m0/s1. The van der Waals surface area contributed by atoms with Crippen LogP contribution in [0, 0.1) is 11.8 Å². The number of benzene rings is 3. The number of aromatic nitrogens is 2. The van der Waals surface area contributed by atoms with Gasteiger partial charge in [0.2, 0.25) is 11.8 Å². The summed E-state index contributed by atoms with van der Waals surface area (Å²) in [7, 11) is 0. The molecule has 4 atom stereocenters. The summed E-state index contributed by atoms with van der Waals surface area (Å²) in [6.07, 6.45) is 1.68. The number of carbonyl (C=O) groups is 2. The third-order valence-corrected chi connectivity index (χ3v) is 9.54. The van der Waals surface area contributed by atoms with Gasteiger partial charge in [0.15, 0.2) is 0 Å². The van der Waals surface area contributed by atoms with Gasteiger partial charge in [0, 0.05) is 11.6 Å². The molecule has 9 heteroatoms. The molecule has 3 fully saturated rings. The van der Waals surface area contributed by atoms with Crippen LogP contribution in [-0.2, 0) is 15.1 Å². The van der Waals surface area contributed by atoms with E-state index in [0.29, 0.717) is 39.7 Å². The molecule has 2 amide bonds. The molecule has 0 saturated carbocycles. The first-order valence-corrected chi connectivity index (χ1v) is 13.4. The minimum absolute atomic E-state index is 0.146. The Morgan fingerprint density at radius 1 is 0.895 bits per heavy atom. The second kappa shape index (κ2) is 7.53. The van der Waals surface area contributed by atoms with Crippen LogP contribution in [0.5, 0.6) is 0 Å². The van der Waals surface area contributed by atoms with E-state index >= 15 is 0 Å². The van der Waals surface area contributed by atoms with Gasteiger partial charge in [-0.2, -0.15) is 0 Å². The van der Waals surface area contributed by atoms with Crippen molar-refractivity contribution < 1.29 is 9.59 Å². The van der Waals surface area contributed by atoms with Gasteiger partial charge in [0.25, 0.3) is 5.56 Å². The van der Waals surface area contributed by atoms with E-state index in [1.54, 1.807) is 28.8 Å². The van der Waals surface area contributed by atoms with Gasteiger partial charge in [-0.05, 0) is 55.8 Å². The molecule has 0 unspecified atom stereocenters. The van der Waals surface area contributed by atoms with Crippen molar-refractivity contribution in [3.05, 3.63) is 98.5 Å². The van der Waals surface area contributed by atoms with Crippen molar-refractivity contribution in [2.45, 2.75) is 24.4 Å². The van der Waals surface area contributed by atoms with Crippen LogP contribution in [0.25, 0.3) is 16.6 Å². The summed E-state index contributed by atoms with van der Waals surface area (Å²) in [5.74, 6) is -1.34. The molecule has 38 heavy (non-hydrogen) atoms. The van der Waals surface area contributed by atoms with Gasteiger partial charge >= 0.3 is 0 Å². The van der Waals surface area contributed by atoms with E-state index in [1.807, 2.05) is 42.5 Å². The molecular formula is C29H20Cl2N4O3. The van der Waals surface area contributed by atoms with Crippen molar-refractivity contribution in [2.75, 3.05) is 11.4 Å². The maximum Gasteiger partial charge on any atom is 0.266 e. The maximum absolute atomic E-state index is 14.4. The SMILES string of the molecule is O=C1[C@H]2[C@@H]3CCCN3[C@@]3(c4ccccc4-n4c3nc3ccccc3c4=O)[C@H]2C(=O)N1c1ccc(Cl)c(Cl)c1. The topological polar surface area (TPSA) is 75.5 Å². The lowest BCUT2D eigenvalue weighted by Crippen LogP contribution is -2.51. The highest BCUT2D eigenvalue weighted by molar-refractivity contribution is 6.42. The molecule has 1 aromatic heterocycles. The highest BCUT2D eigenvalue weighted by atomic mass is 35.5. The fraction of sp³-hybridized carbons (Fsp3) is 0.241. The van der Waals surface area contributed by atoms with E-state index in [2.05, 4.69) is 4.90 Å². The van der Waals surface area contributed by atoms with Crippen LogP contribution in [0.3, 0.4) is 0 Å². The molecule has 4 aromatic rings. The van der Waals surface area contributed by atoms with Crippen molar-refractivity contribution in [3.63, 3.8) is 0 Å². The Hall–Kier alpha value is -3.52. The van der Waals surface area contributed by atoms with Gasteiger partial charge < -0.3 is 0 Å². The molecule has 0 radical (unpaired) electrons. The number of para-hydroxylation sites is 2. The number of amides is 2. The molecule has 7 nitrogen and oxygen atoms in total. The lowest BCUT2D eigenvalue weighted by atomic mass is 9.75. The van der Waals surface area contributed by atoms with Crippen LogP contribution < -0.4 is 10.5 Å². The molecule has 3 aromatic carbocycles. The monoisotopic (exact) mass is 542 g/mol. The number of hydrogen-bond donors (Lipinski definition) is 0. The van der Waals surface area contributed by atoms with E-state index in [1.165, 1.54) is 4.90 Å². The first-order valence-electron chi connectivity index (χ1n) is 12.7. The summed E-state index contributed by atoms with van der Waals surface area (Å²) in [5.41, 5.74) is 1.32. The second-order valence-electron chi connectivity index (χ2n) is 10.4. The van der Waals surface area contributed by atoms with Gasteiger partial charge in [-0.15, -0.1) is 0 Å². The van der Waals surface area contributed by atoms with E-state index in [0.717, 1.165) is 18.4 Å². The van der Waals surface area contributed by atoms with Gasteiger partial charge in [-0.25, -0.2) is 9.88 Å². The third-order valence-electron chi connectivity index (χ3n) is 8.80. The predicted molar refractivity (Wildman–Crippen MR) is 144 cm³/mol. The average molecular weight is 543 g/mol. The number of halogens is 2. The van der Waals surface area contributed by atoms with Crippen LogP contribution in [0.4, 0.5) is 5.69 Å². The lowest BCUT2D eigenvalue weighted by Gasteiger charge is -2.38. The number of fused-ring (bicyclic) bond motifs is 11. The maximum atomic E-state index is 14.4. The summed E-state index contributed by atoms with van der Waals surface area (Å²) in [5, 5.41) is 1.14. The number of hydrogen-bond acceptors (Lipinski definition) is 5. The molecular weight excluding hydrogens is 523 g/mol. The Kier molecular flexibility index (Phi) is 4.45. The normalized spacial score (nSPS) is 27.3. The molecule has 3 saturated heterocycles. The summed E-state index contributed by atoms with van der Waals surface area (Å²) in [6.45, 7) is 0.710. The van der Waals surface area contributed by atoms with Crippen molar-refractivity contribution in [2.24, 2.45) is 11.8 Å². The quantitative estimate of drug-likeness (QED) is 0.330. The zero-order chi connectivity index (χ0) is 25.9. The molecule has 5 heterocycles. The molecule has 8 rings (SSSR count). The molecule has 4 aliphatic rings. The number of anilines is 1. The molecule has 4 aliphatic heterocycles. The number of nitrogens with zero attached hydrogens (tertiary/aromatic N) is 4. The van der Waals surface area contributed by atoms with Crippen LogP contribution in [0.15, 0.2) is 71.5 Å². The summed E-state index contributed by atoms with van der Waals surface area (Å²) >= 11 is 12.4. The number of imide groups is 1. The van der Waals surface area contributed by atoms with Gasteiger partial charge in [0.05, 0.1) is 44.2 Å². The minimum atomic E-state index is -1.04. The van der Waals surface area contributed by atoms with Crippen LogP contribution in [-0.4, -0.2) is 38.9 Å². The Bertz CT molecular complexity index is 1800. The van der Waals surface area contributed by atoms with Crippen LogP contribution in [0.1, 0.15) is 24.2 Å². The highest BCUT2D eigenvalue weighted by Crippen LogP contribution is 2.62. The summed E-state index contributed by atoms with van der Waals surface area (Å²) < 4.78 is 1.66. The fourth-order valence-corrected chi connectivity index (χ4v) is 7.78.